The lowest BCUT2D eigenvalue weighted by molar-refractivity contribution is 0.669. The minimum absolute atomic E-state index is 0.891. The minimum atomic E-state index is 0.891. The highest BCUT2D eigenvalue weighted by molar-refractivity contribution is 9.10. The average molecular weight is 515 g/mol. The summed E-state index contributed by atoms with van der Waals surface area (Å²) < 4.78 is 9.33. The Balaban J connectivity index is 1.43. The van der Waals surface area contributed by atoms with Gasteiger partial charge in [-0.1, -0.05) is 76.6 Å². The third-order valence-electron chi connectivity index (χ3n) is 6.47. The van der Waals surface area contributed by atoms with Gasteiger partial charge in [0.1, 0.15) is 17.0 Å². The highest BCUT2D eigenvalue weighted by Gasteiger charge is 2.15. The molecule has 0 N–H and O–H groups in total. The maximum absolute atomic E-state index is 6.05. The third-order valence-corrected chi connectivity index (χ3v) is 6.96. The Bertz CT molecular complexity index is 1850. The molecule has 0 unspecified atom stereocenters. The van der Waals surface area contributed by atoms with E-state index in [0.717, 1.165) is 65.6 Å². The Morgan fingerprint density at radius 1 is 0.600 bits per heavy atom. The predicted molar refractivity (Wildman–Crippen MR) is 147 cm³/mol. The molecule has 0 aliphatic carbocycles. The van der Waals surface area contributed by atoms with Gasteiger partial charge in [0.2, 0.25) is 0 Å². The second-order valence-corrected chi connectivity index (χ2v) is 9.55. The second-order valence-electron chi connectivity index (χ2n) is 8.63. The number of para-hydroxylation sites is 1. The van der Waals surface area contributed by atoms with Crippen molar-refractivity contribution < 1.29 is 4.42 Å². The fourth-order valence-electron chi connectivity index (χ4n) is 4.81. The largest absolute Gasteiger partial charge is 0.456 e. The molecule has 0 aliphatic heterocycles. The molecule has 0 aliphatic rings. The summed E-state index contributed by atoms with van der Waals surface area (Å²) >= 11 is 3.59. The third kappa shape index (κ3) is 3.37. The summed E-state index contributed by atoms with van der Waals surface area (Å²) in [6.07, 6.45) is 0. The van der Waals surface area contributed by atoms with Crippen LogP contribution in [0, 0.1) is 0 Å². The van der Waals surface area contributed by atoms with Gasteiger partial charge in [-0.2, -0.15) is 0 Å². The molecule has 2 heterocycles. The van der Waals surface area contributed by atoms with Crippen molar-refractivity contribution in [1.29, 1.82) is 0 Å². The molecule has 0 atom stereocenters. The van der Waals surface area contributed by atoms with E-state index in [0.29, 0.717) is 0 Å². The first-order valence-electron chi connectivity index (χ1n) is 11.5. The maximum atomic E-state index is 6.05. The van der Waals surface area contributed by atoms with E-state index in [4.69, 9.17) is 9.40 Å². The molecule has 35 heavy (non-hydrogen) atoms. The van der Waals surface area contributed by atoms with Crippen LogP contribution in [-0.2, 0) is 0 Å². The van der Waals surface area contributed by atoms with Crippen LogP contribution in [0.5, 0.6) is 0 Å². The molecule has 2 aromatic heterocycles. The van der Waals surface area contributed by atoms with Crippen LogP contribution in [0.1, 0.15) is 0 Å². The number of halogens is 1. The summed E-state index contributed by atoms with van der Waals surface area (Å²) in [6, 6.07) is 39.8. The van der Waals surface area contributed by atoms with Crippen LogP contribution < -0.4 is 0 Å². The molecule has 5 aromatic carbocycles. The fourth-order valence-corrected chi connectivity index (χ4v) is 5.17. The Morgan fingerprint density at radius 3 is 2.06 bits per heavy atom. The van der Waals surface area contributed by atoms with Gasteiger partial charge in [0.15, 0.2) is 0 Å². The molecule has 166 valence electrons. The number of hydrogen-bond donors (Lipinski definition) is 0. The van der Waals surface area contributed by atoms with Crippen LogP contribution in [-0.4, -0.2) is 9.55 Å². The van der Waals surface area contributed by atoms with Crippen molar-refractivity contribution in [1.82, 2.24) is 9.55 Å². The summed E-state index contributed by atoms with van der Waals surface area (Å²) in [5.41, 5.74) is 8.28. The number of fused-ring (bicyclic) bond motifs is 4. The second kappa shape index (κ2) is 7.97. The van der Waals surface area contributed by atoms with E-state index in [1.54, 1.807) is 0 Å². The van der Waals surface area contributed by atoms with Crippen molar-refractivity contribution in [3.05, 3.63) is 120 Å². The van der Waals surface area contributed by atoms with Crippen molar-refractivity contribution in [2.75, 3.05) is 0 Å². The van der Waals surface area contributed by atoms with Crippen molar-refractivity contribution in [3.8, 4) is 28.2 Å². The number of imidazole rings is 1. The number of benzene rings is 5. The molecule has 0 saturated heterocycles. The molecule has 7 aromatic rings. The van der Waals surface area contributed by atoms with Crippen LogP contribution in [0.2, 0.25) is 0 Å². The van der Waals surface area contributed by atoms with Gasteiger partial charge in [-0.3, -0.25) is 4.57 Å². The van der Waals surface area contributed by atoms with E-state index in [1.807, 2.05) is 24.3 Å². The molecule has 0 bridgehead atoms. The van der Waals surface area contributed by atoms with E-state index in [2.05, 4.69) is 111 Å². The monoisotopic (exact) mass is 514 g/mol. The number of furan rings is 1. The highest BCUT2D eigenvalue weighted by Crippen LogP contribution is 2.36. The van der Waals surface area contributed by atoms with Gasteiger partial charge in [0.25, 0.3) is 0 Å². The molecule has 0 saturated carbocycles. The Hall–Kier alpha value is -4.15. The molecular formula is C31H19BrN2O. The molecule has 0 amide bonds. The van der Waals surface area contributed by atoms with Crippen molar-refractivity contribution in [2.24, 2.45) is 0 Å². The zero-order chi connectivity index (χ0) is 23.4. The SMILES string of the molecule is Brc1ccc2oc3ccc(-c4ccc5c(c4)nc(-c4ccccc4)n5-c4ccccc4)cc3c2c1. The summed E-state index contributed by atoms with van der Waals surface area (Å²) in [6.45, 7) is 0. The predicted octanol–water partition coefficient (Wildman–Crippen LogP) is 9.02. The molecule has 4 heteroatoms. The summed E-state index contributed by atoms with van der Waals surface area (Å²) in [5, 5.41) is 2.22. The lowest BCUT2D eigenvalue weighted by Crippen LogP contribution is -1.97. The van der Waals surface area contributed by atoms with E-state index in [9.17, 15) is 0 Å². The van der Waals surface area contributed by atoms with Gasteiger partial charge in [-0.25, -0.2) is 4.98 Å². The fraction of sp³-hybridized carbons (Fsp3) is 0. The molecule has 0 fully saturated rings. The van der Waals surface area contributed by atoms with Gasteiger partial charge in [-0.05, 0) is 65.7 Å². The van der Waals surface area contributed by atoms with E-state index in [-0.39, 0.29) is 0 Å². The van der Waals surface area contributed by atoms with Crippen LogP contribution in [0.25, 0.3) is 61.2 Å². The Kier molecular flexibility index (Phi) is 4.61. The van der Waals surface area contributed by atoms with Gasteiger partial charge in [0.05, 0.1) is 11.0 Å². The molecule has 0 radical (unpaired) electrons. The first-order valence-corrected chi connectivity index (χ1v) is 12.3. The molecular weight excluding hydrogens is 496 g/mol. The smallest absolute Gasteiger partial charge is 0.145 e. The van der Waals surface area contributed by atoms with Crippen LogP contribution in [0.4, 0.5) is 0 Å². The van der Waals surface area contributed by atoms with Crippen molar-refractivity contribution >= 4 is 48.9 Å². The van der Waals surface area contributed by atoms with Gasteiger partial charge in [0, 0.05) is 26.5 Å². The van der Waals surface area contributed by atoms with Crippen LogP contribution in [0.3, 0.4) is 0 Å². The first kappa shape index (κ1) is 20.2. The van der Waals surface area contributed by atoms with E-state index < -0.39 is 0 Å². The van der Waals surface area contributed by atoms with Gasteiger partial charge in [-0.15, -0.1) is 0 Å². The first-order chi connectivity index (χ1) is 17.2. The molecule has 7 rings (SSSR count). The molecule has 0 spiro atoms. The van der Waals surface area contributed by atoms with Crippen molar-refractivity contribution in [2.45, 2.75) is 0 Å². The zero-order valence-electron chi connectivity index (χ0n) is 18.7. The Morgan fingerprint density at radius 2 is 1.26 bits per heavy atom. The number of rotatable bonds is 3. The summed E-state index contributed by atoms with van der Waals surface area (Å²) in [5.74, 6) is 0.935. The van der Waals surface area contributed by atoms with Crippen molar-refractivity contribution in [3.63, 3.8) is 0 Å². The highest BCUT2D eigenvalue weighted by atomic mass is 79.9. The topological polar surface area (TPSA) is 31.0 Å². The van der Waals surface area contributed by atoms with Gasteiger partial charge >= 0.3 is 0 Å². The number of aromatic nitrogens is 2. The lowest BCUT2D eigenvalue weighted by Gasteiger charge is -2.09. The summed E-state index contributed by atoms with van der Waals surface area (Å²) in [7, 11) is 0. The Labute approximate surface area is 210 Å². The molecule has 3 nitrogen and oxygen atoms in total. The lowest BCUT2D eigenvalue weighted by atomic mass is 10.0. The minimum Gasteiger partial charge on any atom is -0.456 e. The quantitative estimate of drug-likeness (QED) is 0.235. The zero-order valence-corrected chi connectivity index (χ0v) is 20.2. The number of hydrogen-bond acceptors (Lipinski definition) is 2. The van der Waals surface area contributed by atoms with E-state index in [1.165, 1.54) is 0 Å². The van der Waals surface area contributed by atoms with Crippen LogP contribution in [0.15, 0.2) is 124 Å². The number of nitrogens with zero attached hydrogens (tertiary/aromatic N) is 2. The summed E-state index contributed by atoms with van der Waals surface area (Å²) in [4.78, 5) is 5.10. The standard InChI is InChI=1S/C31H19BrN2O/c32-23-13-16-30-26(19-23)25-17-21(12-15-29(25)35-30)22-11-14-28-27(18-22)33-31(20-7-3-1-4-8-20)34(28)24-9-5-2-6-10-24/h1-19H. The normalized spacial score (nSPS) is 11.6. The van der Waals surface area contributed by atoms with Gasteiger partial charge < -0.3 is 4.42 Å². The maximum Gasteiger partial charge on any atom is 0.145 e. The van der Waals surface area contributed by atoms with E-state index >= 15 is 0 Å². The average Bonchev–Trinajstić information content (AvgIpc) is 3.47. The van der Waals surface area contributed by atoms with Crippen LogP contribution >= 0.6 is 15.9 Å².